The summed E-state index contributed by atoms with van der Waals surface area (Å²) in [5.74, 6) is 0. The molecule has 1 aliphatic rings. The SMILES string of the molecule is CC1=CC(C)NC(=O)N1c1ccccc1. The van der Waals surface area contributed by atoms with E-state index >= 15 is 0 Å². The van der Waals surface area contributed by atoms with Crippen LogP contribution in [-0.2, 0) is 0 Å². The van der Waals surface area contributed by atoms with Gasteiger partial charge in [0, 0.05) is 11.7 Å². The molecule has 2 amide bonds. The number of nitrogens with zero attached hydrogens (tertiary/aromatic N) is 1. The molecule has 1 aromatic carbocycles. The van der Waals surface area contributed by atoms with E-state index in [1.54, 1.807) is 4.90 Å². The lowest BCUT2D eigenvalue weighted by Crippen LogP contribution is -2.46. The lowest BCUT2D eigenvalue weighted by atomic mass is 10.2. The highest BCUT2D eigenvalue weighted by Gasteiger charge is 2.22. The van der Waals surface area contributed by atoms with Crippen molar-refractivity contribution in [2.24, 2.45) is 0 Å². The molecule has 3 nitrogen and oxygen atoms in total. The second kappa shape index (κ2) is 3.77. The first kappa shape index (κ1) is 9.77. The van der Waals surface area contributed by atoms with Gasteiger partial charge in [0.1, 0.15) is 0 Å². The van der Waals surface area contributed by atoms with Crippen molar-refractivity contribution in [3.8, 4) is 0 Å². The Morgan fingerprint density at radius 3 is 2.53 bits per heavy atom. The number of benzene rings is 1. The molecular weight excluding hydrogens is 188 g/mol. The highest BCUT2D eigenvalue weighted by atomic mass is 16.2. The van der Waals surface area contributed by atoms with Crippen LogP contribution in [0.1, 0.15) is 13.8 Å². The summed E-state index contributed by atoms with van der Waals surface area (Å²) in [6, 6.07) is 9.68. The van der Waals surface area contributed by atoms with Crippen molar-refractivity contribution in [1.82, 2.24) is 5.32 Å². The number of nitrogens with one attached hydrogen (secondary N) is 1. The zero-order valence-electron chi connectivity index (χ0n) is 8.90. The number of rotatable bonds is 1. The summed E-state index contributed by atoms with van der Waals surface area (Å²) >= 11 is 0. The summed E-state index contributed by atoms with van der Waals surface area (Å²) in [4.78, 5) is 13.5. The number of hydrogen-bond acceptors (Lipinski definition) is 1. The predicted octanol–water partition coefficient (Wildman–Crippen LogP) is 2.51. The highest BCUT2D eigenvalue weighted by molar-refractivity contribution is 5.96. The highest BCUT2D eigenvalue weighted by Crippen LogP contribution is 2.21. The third kappa shape index (κ3) is 1.86. The zero-order valence-corrected chi connectivity index (χ0v) is 8.90. The van der Waals surface area contributed by atoms with Crippen molar-refractivity contribution >= 4 is 11.7 Å². The molecule has 1 atom stereocenters. The van der Waals surface area contributed by atoms with E-state index in [0.29, 0.717) is 0 Å². The van der Waals surface area contributed by atoms with Crippen LogP contribution in [0.2, 0.25) is 0 Å². The smallest absolute Gasteiger partial charge is 0.326 e. The molecule has 0 radical (unpaired) electrons. The first-order chi connectivity index (χ1) is 7.18. The molecule has 0 saturated carbocycles. The number of para-hydroxylation sites is 1. The summed E-state index contributed by atoms with van der Waals surface area (Å²) in [7, 11) is 0. The molecule has 3 heteroatoms. The van der Waals surface area contributed by atoms with Crippen molar-refractivity contribution < 1.29 is 4.79 Å². The number of carbonyl (C=O) groups excluding carboxylic acids is 1. The van der Waals surface area contributed by atoms with E-state index in [-0.39, 0.29) is 12.1 Å². The normalized spacial score (nSPS) is 20.9. The predicted molar refractivity (Wildman–Crippen MR) is 60.7 cm³/mol. The fourth-order valence-electron chi connectivity index (χ4n) is 1.80. The molecule has 1 aromatic rings. The Kier molecular flexibility index (Phi) is 2.46. The summed E-state index contributed by atoms with van der Waals surface area (Å²) in [5.41, 5.74) is 1.87. The van der Waals surface area contributed by atoms with Crippen LogP contribution < -0.4 is 10.2 Å². The Morgan fingerprint density at radius 2 is 1.93 bits per heavy atom. The van der Waals surface area contributed by atoms with E-state index in [9.17, 15) is 4.79 Å². The van der Waals surface area contributed by atoms with Crippen LogP contribution in [0.25, 0.3) is 0 Å². The fraction of sp³-hybridized carbons (Fsp3) is 0.250. The maximum absolute atomic E-state index is 11.8. The van der Waals surface area contributed by atoms with Gasteiger partial charge in [-0.3, -0.25) is 4.90 Å². The Hall–Kier alpha value is -1.77. The van der Waals surface area contributed by atoms with E-state index in [4.69, 9.17) is 0 Å². The summed E-state index contributed by atoms with van der Waals surface area (Å²) < 4.78 is 0. The van der Waals surface area contributed by atoms with Crippen LogP contribution in [0.15, 0.2) is 42.1 Å². The molecule has 0 aromatic heterocycles. The minimum atomic E-state index is -0.0614. The number of allylic oxidation sites excluding steroid dienone is 1. The summed E-state index contributed by atoms with van der Waals surface area (Å²) in [6.07, 6.45) is 2.04. The number of carbonyl (C=O) groups is 1. The monoisotopic (exact) mass is 202 g/mol. The van der Waals surface area contributed by atoms with E-state index < -0.39 is 0 Å². The van der Waals surface area contributed by atoms with Gasteiger partial charge in [-0.1, -0.05) is 18.2 Å². The zero-order chi connectivity index (χ0) is 10.8. The summed E-state index contributed by atoms with van der Waals surface area (Å²) in [5, 5.41) is 2.87. The van der Waals surface area contributed by atoms with Crippen LogP contribution in [0.5, 0.6) is 0 Å². The Labute approximate surface area is 89.4 Å². The largest absolute Gasteiger partial charge is 0.331 e. The molecule has 0 bridgehead atoms. The van der Waals surface area contributed by atoms with Gasteiger partial charge in [0.15, 0.2) is 0 Å². The molecule has 1 heterocycles. The summed E-state index contributed by atoms with van der Waals surface area (Å²) in [6.45, 7) is 3.91. The molecule has 2 rings (SSSR count). The molecular formula is C12H14N2O. The van der Waals surface area contributed by atoms with Gasteiger partial charge < -0.3 is 5.32 Å². The van der Waals surface area contributed by atoms with E-state index in [1.165, 1.54) is 0 Å². The average Bonchev–Trinajstić information content (AvgIpc) is 2.17. The quantitative estimate of drug-likeness (QED) is 0.745. The Bertz CT molecular complexity index is 397. The van der Waals surface area contributed by atoms with Gasteiger partial charge in [-0.25, -0.2) is 4.79 Å². The molecule has 1 unspecified atom stereocenters. The van der Waals surface area contributed by atoms with Gasteiger partial charge in [0.05, 0.1) is 5.69 Å². The van der Waals surface area contributed by atoms with Gasteiger partial charge in [-0.15, -0.1) is 0 Å². The van der Waals surface area contributed by atoms with Crippen LogP contribution >= 0.6 is 0 Å². The third-order valence-corrected chi connectivity index (χ3v) is 2.41. The molecule has 0 spiro atoms. The van der Waals surface area contributed by atoms with Crippen LogP contribution in [0.3, 0.4) is 0 Å². The van der Waals surface area contributed by atoms with Crippen molar-refractivity contribution in [3.63, 3.8) is 0 Å². The van der Waals surface area contributed by atoms with E-state index in [1.807, 2.05) is 50.3 Å². The van der Waals surface area contributed by atoms with Gasteiger partial charge in [0.25, 0.3) is 0 Å². The second-order valence-electron chi connectivity index (χ2n) is 3.72. The molecule has 0 fully saturated rings. The minimum absolute atomic E-state index is 0.0614. The number of hydrogen-bond donors (Lipinski definition) is 1. The first-order valence-electron chi connectivity index (χ1n) is 5.02. The minimum Gasteiger partial charge on any atom is -0.331 e. The number of urea groups is 1. The molecule has 78 valence electrons. The van der Waals surface area contributed by atoms with Gasteiger partial charge >= 0.3 is 6.03 Å². The first-order valence-corrected chi connectivity index (χ1v) is 5.02. The molecule has 0 aliphatic carbocycles. The Morgan fingerprint density at radius 1 is 1.27 bits per heavy atom. The average molecular weight is 202 g/mol. The fourth-order valence-corrected chi connectivity index (χ4v) is 1.80. The maximum atomic E-state index is 11.8. The van der Waals surface area contributed by atoms with Gasteiger partial charge in [0.2, 0.25) is 0 Å². The van der Waals surface area contributed by atoms with E-state index in [0.717, 1.165) is 11.4 Å². The second-order valence-corrected chi connectivity index (χ2v) is 3.72. The topological polar surface area (TPSA) is 32.3 Å². The lowest BCUT2D eigenvalue weighted by Gasteiger charge is -2.30. The molecule has 1 N–H and O–H groups in total. The van der Waals surface area contributed by atoms with E-state index in [2.05, 4.69) is 5.32 Å². The van der Waals surface area contributed by atoms with Crippen LogP contribution in [-0.4, -0.2) is 12.1 Å². The Balaban J connectivity index is 2.37. The lowest BCUT2D eigenvalue weighted by molar-refractivity contribution is 0.245. The van der Waals surface area contributed by atoms with Crippen molar-refractivity contribution in [2.75, 3.05) is 4.90 Å². The standard InChI is InChI=1S/C12H14N2O/c1-9-8-10(2)14(12(15)13-9)11-6-4-3-5-7-11/h3-9H,1-2H3,(H,13,15). The molecule has 1 aliphatic heterocycles. The molecule has 0 saturated heterocycles. The third-order valence-electron chi connectivity index (χ3n) is 2.41. The van der Waals surface area contributed by atoms with Crippen molar-refractivity contribution in [1.29, 1.82) is 0 Å². The number of anilines is 1. The number of amides is 2. The van der Waals surface area contributed by atoms with Crippen LogP contribution in [0.4, 0.5) is 10.5 Å². The maximum Gasteiger partial charge on any atom is 0.326 e. The van der Waals surface area contributed by atoms with Gasteiger partial charge in [-0.2, -0.15) is 0 Å². The van der Waals surface area contributed by atoms with Crippen molar-refractivity contribution in [3.05, 3.63) is 42.1 Å². The van der Waals surface area contributed by atoms with Gasteiger partial charge in [-0.05, 0) is 32.1 Å². The van der Waals surface area contributed by atoms with Crippen LogP contribution in [0, 0.1) is 0 Å². The van der Waals surface area contributed by atoms with Crippen molar-refractivity contribution in [2.45, 2.75) is 19.9 Å². The molecule has 15 heavy (non-hydrogen) atoms.